The number of hydrogen-bond acceptors (Lipinski definition) is 5. The van der Waals surface area contributed by atoms with E-state index in [1.165, 1.54) is 29.2 Å². The summed E-state index contributed by atoms with van der Waals surface area (Å²) in [6.45, 7) is 5.48. The molecule has 0 saturated carbocycles. The molecular formula is C23H18N2O3S. The number of Topliss-reactive ketones (excluding diaryl/α,β-unsaturated/α-hetero) is 2. The molecule has 5 nitrogen and oxygen atoms in total. The molecule has 1 aliphatic rings. The minimum absolute atomic E-state index is 0.101. The number of aryl methyl sites for hydroxylation is 2. The lowest BCUT2D eigenvalue weighted by atomic mass is 10.1. The first-order chi connectivity index (χ1) is 13.9. The molecule has 1 aliphatic carbocycles. The Balaban J connectivity index is 1.70. The van der Waals surface area contributed by atoms with Gasteiger partial charge in [-0.15, -0.1) is 11.3 Å². The first-order valence-corrected chi connectivity index (χ1v) is 9.98. The molecule has 2 aromatic carbocycles. The Bertz CT molecular complexity index is 1170. The second-order valence-electron chi connectivity index (χ2n) is 6.94. The van der Waals surface area contributed by atoms with Crippen LogP contribution < -0.4 is 4.90 Å². The van der Waals surface area contributed by atoms with Crippen molar-refractivity contribution in [3.63, 3.8) is 0 Å². The predicted molar refractivity (Wildman–Crippen MR) is 114 cm³/mol. The van der Waals surface area contributed by atoms with Gasteiger partial charge in [-0.3, -0.25) is 19.3 Å². The minimum atomic E-state index is -0.294. The second kappa shape index (κ2) is 7.22. The first-order valence-electron chi connectivity index (χ1n) is 9.10. The largest absolute Gasteiger partial charge is 0.288 e. The minimum Gasteiger partial charge on any atom is -0.288 e. The summed E-state index contributed by atoms with van der Waals surface area (Å²) < 4.78 is 0. The molecule has 0 atom stereocenters. The quantitative estimate of drug-likeness (QED) is 0.461. The molecule has 1 amide bonds. The fraction of sp³-hybridized carbons (Fsp3) is 0.130. The number of thiazole rings is 1. The van der Waals surface area contributed by atoms with E-state index in [-0.39, 0.29) is 23.0 Å². The summed E-state index contributed by atoms with van der Waals surface area (Å²) in [5, 5.41) is 2.23. The van der Waals surface area contributed by atoms with Crippen molar-refractivity contribution < 1.29 is 14.4 Å². The fourth-order valence-electron chi connectivity index (χ4n) is 3.29. The number of ketones is 2. The number of fused-ring (bicyclic) bond motifs is 1. The van der Waals surface area contributed by atoms with E-state index in [2.05, 4.69) is 4.98 Å². The summed E-state index contributed by atoms with van der Waals surface area (Å²) in [6.07, 6.45) is 1.50. The van der Waals surface area contributed by atoms with E-state index in [9.17, 15) is 14.4 Å². The van der Waals surface area contributed by atoms with Crippen molar-refractivity contribution in [2.45, 2.75) is 20.8 Å². The van der Waals surface area contributed by atoms with Crippen LogP contribution in [0.5, 0.6) is 0 Å². The zero-order valence-electron chi connectivity index (χ0n) is 16.2. The Morgan fingerprint density at radius 3 is 2.24 bits per heavy atom. The molecule has 0 radical (unpaired) electrons. The normalized spacial score (nSPS) is 12.9. The van der Waals surface area contributed by atoms with Gasteiger partial charge in [0.2, 0.25) is 5.91 Å². The summed E-state index contributed by atoms with van der Waals surface area (Å²) in [5.41, 5.74) is 4.36. The molecule has 0 bridgehead atoms. The number of hydrogen-bond donors (Lipinski definition) is 0. The maximum absolute atomic E-state index is 12.6. The molecular weight excluding hydrogens is 384 g/mol. The van der Waals surface area contributed by atoms with Crippen molar-refractivity contribution in [3.8, 4) is 0 Å². The number of anilines is 2. The van der Waals surface area contributed by atoms with E-state index in [1.807, 2.05) is 32.0 Å². The van der Waals surface area contributed by atoms with Gasteiger partial charge < -0.3 is 0 Å². The summed E-state index contributed by atoms with van der Waals surface area (Å²) >= 11 is 1.29. The van der Waals surface area contributed by atoms with Crippen molar-refractivity contribution in [3.05, 3.63) is 81.4 Å². The van der Waals surface area contributed by atoms with Crippen LogP contribution in [0.3, 0.4) is 0 Å². The van der Waals surface area contributed by atoms with Gasteiger partial charge in [0.1, 0.15) is 0 Å². The summed E-state index contributed by atoms with van der Waals surface area (Å²) in [5.74, 6) is -0.752. The SMILES string of the molecule is CC(=O)N(c1ccc(C)c(C)c1)c1nc(C=C2C(=O)c3ccccc3C2=O)cs1. The molecule has 0 N–H and O–H groups in total. The van der Waals surface area contributed by atoms with Gasteiger partial charge in [-0.2, -0.15) is 0 Å². The van der Waals surface area contributed by atoms with E-state index in [0.717, 1.165) is 16.8 Å². The highest BCUT2D eigenvalue weighted by molar-refractivity contribution is 7.14. The van der Waals surface area contributed by atoms with Gasteiger partial charge in [-0.25, -0.2) is 4.98 Å². The molecule has 6 heteroatoms. The van der Waals surface area contributed by atoms with Gasteiger partial charge in [0, 0.05) is 23.4 Å². The maximum Gasteiger partial charge on any atom is 0.230 e. The van der Waals surface area contributed by atoms with Gasteiger partial charge in [0.25, 0.3) is 0 Å². The maximum atomic E-state index is 12.6. The van der Waals surface area contributed by atoms with Crippen LogP contribution in [0.25, 0.3) is 6.08 Å². The fourth-order valence-corrected chi connectivity index (χ4v) is 4.13. The highest BCUT2D eigenvalue weighted by Gasteiger charge is 2.32. The Kier molecular flexibility index (Phi) is 4.72. The lowest BCUT2D eigenvalue weighted by molar-refractivity contribution is -0.115. The number of carbonyl (C=O) groups excluding carboxylic acids is 3. The zero-order chi connectivity index (χ0) is 20.7. The average molecular weight is 402 g/mol. The van der Waals surface area contributed by atoms with Crippen LogP contribution in [-0.2, 0) is 4.79 Å². The molecule has 1 aromatic heterocycles. The number of aromatic nitrogens is 1. The van der Waals surface area contributed by atoms with E-state index >= 15 is 0 Å². The number of carbonyl (C=O) groups is 3. The topological polar surface area (TPSA) is 67.3 Å². The first kappa shape index (κ1) is 19.0. The Labute approximate surface area is 172 Å². The Hall–Kier alpha value is -3.38. The highest BCUT2D eigenvalue weighted by atomic mass is 32.1. The number of amides is 1. The van der Waals surface area contributed by atoms with Crippen molar-refractivity contribution in [1.29, 1.82) is 0 Å². The summed E-state index contributed by atoms with van der Waals surface area (Å²) in [4.78, 5) is 43.5. The molecule has 1 heterocycles. The molecule has 0 saturated heterocycles. The van der Waals surface area contributed by atoms with Crippen LogP contribution in [0.1, 0.15) is 44.5 Å². The van der Waals surface area contributed by atoms with Crippen LogP contribution in [0.4, 0.5) is 10.8 Å². The lowest BCUT2D eigenvalue weighted by Gasteiger charge is -2.19. The summed E-state index contributed by atoms with van der Waals surface area (Å²) in [7, 11) is 0. The van der Waals surface area contributed by atoms with Crippen LogP contribution >= 0.6 is 11.3 Å². The van der Waals surface area contributed by atoms with E-state index in [0.29, 0.717) is 22.0 Å². The Morgan fingerprint density at radius 2 is 1.66 bits per heavy atom. The van der Waals surface area contributed by atoms with Crippen LogP contribution in [0.2, 0.25) is 0 Å². The van der Waals surface area contributed by atoms with Gasteiger partial charge in [-0.05, 0) is 43.2 Å². The molecule has 144 valence electrons. The molecule has 0 spiro atoms. The Morgan fingerprint density at radius 1 is 1.00 bits per heavy atom. The van der Waals surface area contributed by atoms with Crippen LogP contribution in [0.15, 0.2) is 53.4 Å². The van der Waals surface area contributed by atoms with Gasteiger partial charge in [0.05, 0.1) is 17.0 Å². The van der Waals surface area contributed by atoms with Crippen molar-refractivity contribution >= 4 is 45.7 Å². The van der Waals surface area contributed by atoms with Crippen molar-refractivity contribution in [2.24, 2.45) is 0 Å². The van der Waals surface area contributed by atoms with E-state index in [4.69, 9.17) is 0 Å². The zero-order valence-corrected chi connectivity index (χ0v) is 17.0. The number of allylic oxidation sites excluding steroid dienone is 1. The number of rotatable bonds is 3. The monoisotopic (exact) mass is 402 g/mol. The summed E-state index contributed by atoms with van der Waals surface area (Å²) in [6, 6.07) is 12.6. The smallest absolute Gasteiger partial charge is 0.230 e. The van der Waals surface area contributed by atoms with Crippen LogP contribution in [-0.4, -0.2) is 22.5 Å². The lowest BCUT2D eigenvalue weighted by Crippen LogP contribution is -2.22. The third-order valence-electron chi connectivity index (χ3n) is 4.96. The van der Waals surface area contributed by atoms with Gasteiger partial charge in [0.15, 0.2) is 16.7 Å². The molecule has 4 rings (SSSR count). The van der Waals surface area contributed by atoms with E-state index < -0.39 is 0 Å². The molecule has 0 aliphatic heterocycles. The molecule has 29 heavy (non-hydrogen) atoms. The van der Waals surface area contributed by atoms with Crippen molar-refractivity contribution in [1.82, 2.24) is 4.98 Å². The third-order valence-corrected chi connectivity index (χ3v) is 5.81. The molecule has 0 fully saturated rings. The standard InChI is InChI=1S/C23H18N2O3S/c1-13-8-9-17(10-14(13)2)25(15(3)26)23-24-16(12-29-23)11-20-21(27)18-6-4-5-7-19(18)22(20)28/h4-12H,1-3H3. The third kappa shape index (κ3) is 3.32. The highest BCUT2D eigenvalue weighted by Crippen LogP contribution is 2.32. The predicted octanol–water partition coefficient (Wildman–Crippen LogP) is 4.91. The second-order valence-corrected chi connectivity index (χ2v) is 7.78. The molecule has 3 aromatic rings. The van der Waals surface area contributed by atoms with Crippen LogP contribution in [0, 0.1) is 13.8 Å². The number of benzene rings is 2. The van der Waals surface area contributed by atoms with Gasteiger partial charge in [-0.1, -0.05) is 30.3 Å². The number of nitrogens with zero attached hydrogens (tertiary/aromatic N) is 2. The van der Waals surface area contributed by atoms with E-state index in [1.54, 1.807) is 29.6 Å². The average Bonchev–Trinajstić information content (AvgIpc) is 3.24. The van der Waals surface area contributed by atoms with Gasteiger partial charge >= 0.3 is 0 Å². The molecule has 0 unspecified atom stereocenters. The van der Waals surface area contributed by atoms with Crippen molar-refractivity contribution in [2.75, 3.05) is 4.90 Å².